The van der Waals surface area contributed by atoms with Gasteiger partial charge < -0.3 is 5.11 Å². The zero-order valence-electron chi connectivity index (χ0n) is 13.8. The summed E-state index contributed by atoms with van der Waals surface area (Å²) in [4.78, 5) is 1.14. The molecule has 2 unspecified atom stereocenters. The molecule has 25 heavy (non-hydrogen) atoms. The second-order valence-corrected chi connectivity index (χ2v) is 10.0. The summed E-state index contributed by atoms with van der Waals surface area (Å²) >= 11 is 4.86. The molecule has 0 amide bonds. The minimum Gasteiger partial charge on any atom is -0.508 e. The number of aromatic hydroxyl groups is 1. The smallest absolute Gasteiger partial charge is 0.216 e. The van der Waals surface area contributed by atoms with E-state index < -0.39 is 10.0 Å². The number of phenols is 1. The Bertz CT molecular complexity index is 840. The monoisotopic (exact) mass is 441 g/mol. The predicted octanol–water partition coefficient (Wildman–Crippen LogP) is 4.15. The van der Waals surface area contributed by atoms with Gasteiger partial charge in [-0.25, -0.2) is 8.42 Å². The number of halogens is 1. The largest absolute Gasteiger partial charge is 0.508 e. The zero-order valence-corrected chi connectivity index (χ0v) is 17.0. The van der Waals surface area contributed by atoms with Gasteiger partial charge in [-0.1, -0.05) is 53.2 Å². The maximum absolute atomic E-state index is 12.9. The van der Waals surface area contributed by atoms with Gasteiger partial charge in [-0.2, -0.15) is 4.31 Å². The molecule has 134 valence electrons. The van der Waals surface area contributed by atoms with Crippen LogP contribution in [0.4, 0.5) is 0 Å². The maximum Gasteiger partial charge on any atom is 0.216 e. The molecule has 0 saturated carbocycles. The summed E-state index contributed by atoms with van der Waals surface area (Å²) in [5, 5.41) is 9.70. The van der Waals surface area contributed by atoms with Crippen LogP contribution in [0, 0.1) is 0 Å². The first-order valence-electron chi connectivity index (χ1n) is 8.01. The molecule has 0 fully saturated rings. The standard InChI is InChI=1S/C18H20BrNO3S2/c1-13-16-4-2-3-5-17(16)24-18(13)20(25(22,23)11-10-19)12-14-6-8-15(21)9-7-14/h2-9,13,18,21H,10-12H2,1H3. The summed E-state index contributed by atoms with van der Waals surface area (Å²) in [6, 6.07) is 14.8. The van der Waals surface area contributed by atoms with Crippen molar-refractivity contribution in [3.63, 3.8) is 0 Å². The zero-order chi connectivity index (χ0) is 18.0. The Balaban J connectivity index is 1.93. The number of hydrogen-bond acceptors (Lipinski definition) is 4. The van der Waals surface area contributed by atoms with Crippen molar-refractivity contribution in [3.05, 3.63) is 59.7 Å². The van der Waals surface area contributed by atoms with Crippen molar-refractivity contribution in [2.24, 2.45) is 0 Å². The number of phenolic OH excluding ortho intramolecular Hbond substituents is 1. The molecule has 0 spiro atoms. The normalized spacial score (nSPS) is 20.0. The lowest BCUT2D eigenvalue weighted by Crippen LogP contribution is -2.40. The second kappa shape index (κ2) is 7.70. The summed E-state index contributed by atoms with van der Waals surface area (Å²) in [5.41, 5.74) is 2.06. The Morgan fingerprint density at radius 1 is 1.16 bits per heavy atom. The highest BCUT2D eigenvalue weighted by molar-refractivity contribution is 9.09. The van der Waals surface area contributed by atoms with Gasteiger partial charge in [0.1, 0.15) is 5.75 Å². The number of rotatable bonds is 6. The number of hydrogen-bond donors (Lipinski definition) is 1. The first-order chi connectivity index (χ1) is 11.9. The quantitative estimate of drug-likeness (QED) is 0.683. The molecule has 4 nitrogen and oxygen atoms in total. The Hall–Kier alpha value is -1.02. The van der Waals surface area contributed by atoms with Gasteiger partial charge in [-0.3, -0.25) is 0 Å². The summed E-state index contributed by atoms with van der Waals surface area (Å²) < 4.78 is 27.4. The lowest BCUT2D eigenvalue weighted by atomic mass is 10.0. The second-order valence-electron chi connectivity index (χ2n) is 6.05. The van der Waals surface area contributed by atoms with Crippen LogP contribution < -0.4 is 0 Å². The molecule has 3 rings (SSSR count). The predicted molar refractivity (Wildman–Crippen MR) is 106 cm³/mol. The number of sulfonamides is 1. The number of thioether (sulfide) groups is 1. The van der Waals surface area contributed by atoms with E-state index in [0.29, 0.717) is 11.9 Å². The minimum atomic E-state index is -3.41. The number of nitrogens with zero attached hydrogens (tertiary/aromatic N) is 1. The molecule has 1 aliphatic heterocycles. The molecule has 0 bridgehead atoms. The fourth-order valence-electron chi connectivity index (χ4n) is 3.00. The van der Waals surface area contributed by atoms with Crippen LogP contribution in [-0.4, -0.2) is 34.3 Å². The molecule has 0 aliphatic carbocycles. The molecule has 1 heterocycles. The molecule has 7 heteroatoms. The lowest BCUT2D eigenvalue weighted by Gasteiger charge is -2.30. The van der Waals surface area contributed by atoms with Crippen molar-refractivity contribution >= 4 is 37.7 Å². The number of alkyl halides is 1. The van der Waals surface area contributed by atoms with E-state index in [1.165, 1.54) is 5.56 Å². The minimum absolute atomic E-state index is 0.0607. The van der Waals surface area contributed by atoms with Crippen LogP contribution in [0.5, 0.6) is 5.75 Å². The van der Waals surface area contributed by atoms with E-state index in [1.54, 1.807) is 40.3 Å². The van der Waals surface area contributed by atoms with Crippen LogP contribution in [0.15, 0.2) is 53.4 Å². The number of benzene rings is 2. The SMILES string of the molecule is CC1c2ccccc2SC1N(Cc1ccc(O)cc1)S(=O)(=O)CCBr. The van der Waals surface area contributed by atoms with Crippen molar-refractivity contribution in [2.45, 2.75) is 29.7 Å². The van der Waals surface area contributed by atoms with E-state index in [-0.39, 0.29) is 22.8 Å². The van der Waals surface area contributed by atoms with Crippen molar-refractivity contribution in [1.29, 1.82) is 0 Å². The van der Waals surface area contributed by atoms with E-state index in [4.69, 9.17) is 0 Å². The third kappa shape index (κ3) is 4.05. The summed E-state index contributed by atoms with van der Waals surface area (Å²) in [7, 11) is -3.41. The fraction of sp³-hybridized carbons (Fsp3) is 0.333. The molecule has 0 saturated heterocycles. The molecule has 2 atom stereocenters. The third-order valence-electron chi connectivity index (χ3n) is 4.34. The van der Waals surface area contributed by atoms with Gasteiger partial charge in [0.25, 0.3) is 0 Å². The number of fused-ring (bicyclic) bond motifs is 1. The van der Waals surface area contributed by atoms with Gasteiger partial charge in [0.2, 0.25) is 10.0 Å². The van der Waals surface area contributed by atoms with Crippen LogP contribution in [0.25, 0.3) is 0 Å². The molecule has 1 aliphatic rings. The highest BCUT2D eigenvalue weighted by Crippen LogP contribution is 2.47. The average Bonchev–Trinajstić information content (AvgIpc) is 2.91. The van der Waals surface area contributed by atoms with Crippen molar-refractivity contribution in [3.8, 4) is 5.75 Å². The van der Waals surface area contributed by atoms with Gasteiger partial charge in [-0.05, 0) is 29.3 Å². The van der Waals surface area contributed by atoms with E-state index in [9.17, 15) is 13.5 Å². The van der Waals surface area contributed by atoms with Gasteiger partial charge in [0.15, 0.2) is 0 Å². The maximum atomic E-state index is 12.9. The van der Waals surface area contributed by atoms with Gasteiger partial charge >= 0.3 is 0 Å². The van der Waals surface area contributed by atoms with Crippen molar-refractivity contribution in [1.82, 2.24) is 4.31 Å². The van der Waals surface area contributed by atoms with Gasteiger partial charge in [0, 0.05) is 22.7 Å². The van der Waals surface area contributed by atoms with Crippen LogP contribution in [-0.2, 0) is 16.6 Å². The van der Waals surface area contributed by atoms with Crippen LogP contribution in [0.3, 0.4) is 0 Å². The third-order valence-corrected chi connectivity index (χ3v) is 8.71. The lowest BCUT2D eigenvalue weighted by molar-refractivity contribution is 0.364. The summed E-state index contributed by atoms with van der Waals surface area (Å²) in [6.07, 6.45) is 0. The van der Waals surface area contributed by atoms with Crippen LogP contribution in [0.2, 0.25) is 0 Å². The Labute approximate surface area is 161 Å². The van der Waals surface area contributed by atoms with E-state index in [0.717, 1.165) is 10.5 Å². The topological polar surface area (TPSA) is 57.6 Å². The molecule has 1 N–H and O–H groups in total. The van der Waals surface area contributed by atoms with Gasteiger partial charge in [0.05, 0.1) is 11.1 Å². The molecular weight excluding hydrogens is 422 g/mol. The molecule has 2 aromatic rings. The average molecular weight is 442 g/mol. The highest BCUT2D eigenvalue weighted by atomic mass is 79.9. The molecule has 2 aromatic carbocycles. The summed E-state index contributed by atoms with van der Waals surface area (Å²) in [6.45, 7) is 2.38. The van der Waals surface area contributed by atoms with E-state index >= 15 is 0 Å². The van der Waals surface area contributed by atoms with Crippen LogP contribution in [0.1, 0.15) is 24.0 Å². The fourth-order valence-corrected chi connectivity index (χ4v) is 7.38. The van der Waals surface area contributed by atoms with Crippen molar-refractivity contribution in [2.75, 3.05) is 11.1 Å². The van der Waals surface area contributed by atoms with Crippen molar-refractivity contribution < 1.29 is 13.5 Å². The Morgan fingerprint density at radius 3 is 2.48 bits per heavy atom. The Morgan fingerprint density at radius 2 is 1.84 bits per heavy atom. The molecular formula is C18H20BrNO3S2. The first kappa shape index (κ1) is 18.8. The van der Waals surface area contributed by atoms with Crippen LogP contribution >= 0.6 is 27.7 Å². The molecule has 0 aromatic heterocycles. The van der Waals surface area contributed by atoms with E-state index in [2.05, 4.69) is 28.9 Å². The summed E-state index contributed by atoms with van der Waals surface area (Å²) in [5.74, 6) is 0.351. The highest BCUT2D eigenvalue weighted by Gasteiger charge is 2.39. The van der Waals surface area contributed by atoms with E-state index in [1.807, 2.05) is 18.2 Å². The molecule has 0 radical (unpaired) electrons. The first-order valence-corrected chi connectivity index (χ1v) is 11.6. The Kier molecular flexibility index (Phi) is 5.78. The van der Waals surface area contributed by atoms with Gasteiger partial charge in [-0.15, -0.1) is 11.8 Å².